The highest BCUT2D eigenvalue weighted by atomic mass is 35.5. The lowest BCUT2D eigenvalue weighted by Crippen LogP contribution is -2.45. The molecule has 3 rings (SSSR count). The van der Waals surface area contributed by atoms with Crippen LogP contribution in [0.2, 0.25) is 0 Å². The maximum Gasteiger partial charge on any atom is 0.224 e. The first-order chi connectivity index (χ1) is 12.2. The van der Waals surface area contributed by atoms with Crippen molar-refractivity contribution >= 4 is 42.5 Å². The number of benzene rings is 1. The molecule has 1 unspecified atom stereocenters. The number of carbonyl (C=O) groups is 1. The molecule has 0 bridgehead atoms. The van der Waals surface area contributed by atoms with Crippen LogP contribution >= 0.6 is 36.6 Å². The van der Waals surface area contributed by atoms with Gasteiger partial charge in [-0.25, -0.2) is 0 Å². The number of amides is 1. The number of nitrogens with one attached hydrogen (secondary N) is 1. The molecule has 2 heterocycles. The first kappa shape index (κ1) is 24.6. The van der Waals surface area contributed by atoms with Gasteiger partial charge < -0.3 is 15.1 Å². The van der Waals surface area contributed by atoms with E-state index in [0.717, 1.165) is 51.3 Å². The van der Waals surface area contributed by atoms with Crippen LogP contribution in [0.15, 0.2) is 30.3 Å². The molecule has 4 nitrogen and oxygen atoms in total. The monoisotopic (exact) mass is 433 g/mol. The van der Waals surface area contributed by atoms with Crippen molar-refractivity contribution in [2.45, 2.75) is 31.8 Å². The molecule has 0 aliphatic carbocycles. The Balaban J connectivity index is 0.00000182. The summed E-state index contributed by atoms with van der Waals surface area (Å²) in [5.74, 6) is 3.30. The lowest BCUT2D eigenvalue weighted by atomic mass is 9.95. The van der Waals surface area contributed by atoms with Gasteiger partial charge in [0.05, 0.1) is 0 Å². The van der Waals surface area contributed by atoms with Crippen molar-refractivity contribution in [2.75, 3.05) is 44.7 Å². The number of hydrogen-bond acceptors (Lipinski definition) is 4. The number of carbonyl (C=O) groups excluding carboxylic acids is 1. The van der Waals surface area contributed by atoms with Gasteiger partial charge in [-0.05, 0) is 31.4 Å². The summed E-state index contributed by atoms with van der Waals surface area (Å²) in [6.07, 6.45) is 2.95. The van der Waals surface area contributed by atoms with Crippen molar-refractivity contribution < 1.29 is 4.79 Å². The van der Waals surface area contributed by atoms with Crippen LogP contribution in [0.3, 0.4) is 0 Å². The zero-order valence-corrected chi connectivity index (χ0v) is 18.6. The fraction of sp³-hybridized carbons (Fsp3) is 0.650. The molecular formula is C20H33Cl2N3OS. The molecule has 1 aromatic carbocycles. The molecule has 154 valence electrons. The summed E-state index contributed by atoms with van der Waals surface area (Å²) in [6, 6.07) is 11.0. The highest BCUT2D eigenvalue weighted by molar-refractivity contribution is 7.99. The van der Waals surface area contributed by atoms with Crippen LogP contribution in [0, 0.1) is 5.92 Å². The van der Waals surface area contributed by atoms with Crippen LogP contribution in [0.4, 0.5) is 0 Å². The number of likely N-dealkylation sites (tertiary alicyclic amines) is 1. The summed E-state index contributed by atoms with van der Waals surface area (Å²) in [4.78, 5) is 17.0. The molecule has 2 fully saturated rings. The number of nitrogens with zero attached hydrogens (tertiary/aromatic N) is 2. The van der Waals surface area contributed by atoms with E-state index < -0.39 is 0 Å². The molecule has 1 aromatic rings. The SMILES string of the molecule is CN(Cc1ccccc1)CC1CCN(C(=O)CC2CSCCN2)CC1.Cl.Cl. The van der Waals surface area contributed by atoms with Crippen molar-refractivity contribution in [2.24, 2.45) is 5.92 Å². The summed E-state index contributed by atoms with van der Waals surface area (Å²) >= 11 is 1.96. The Kier molecular flexibility index (Phi) is 11.7. The maximum absolute atomic E-state index is 12.5. The van der Waals surface area contributed by atoms with Gasteiger partial charge in [0.15, 0.2) is 0 Å². The molecule has 0 radical (unpaired) electrons. The van der Waals surface area contributed by atoms with Gasteiger partial charge in [0.25, 0.3) is 0 Å². The summed E-state index contributed by atoms with van der Waals surface area (Å²) in [7, 11) is 2.21. The highest BCUT2D eigenvalue weighted by Crippen LogP contribution is 2.20. The zero-order chi connectivity index (χ0) is 17.5. The average Bonchev–Trinajstić information content (AvgIpc) is 2.64. The Labute approximate surface area is 180 Å². The lowest BCUT2D eigenvalue weighted by Gasteiger charge is -2.35. The lowest BCUT2D eigenvalue weighted by molar-refractivity contribution is -0.133. The molecule has 0 saturated carbocycles. The van der Waals surface area contributed by atoms with E-state index in [1.54, 1.807) is 0 Å². The van der Waals surface area contributed by atoms with E-state index in [2.05, 4.69) is 52.5 Å². The minimum Gasteiger partial charge on any atom is -0.343 e. The minimum atomic E-state index is 0. The number of thioether (sulfide) groups is 1. The second kappa shape index (κ2) is 12.9. The molecule has 1 N–H and O–H groups in total. The average molecular weight is 434 g/mol. The van der Waals surface area contributed by atoms with Gasteiger partial charge in [-0.2, -0.15) is 11.8 Å². The van der Waals surface area contributed by atoms with Gasteiger partial charge in [0.1, 0.15) is 0 Å². The molecule has 2 saturated heterocycles. The topological polar surface area (TPSA) is 35.6 Å². The van der Waals surface area contributed by atoms with Crippen molar-refractivity contribution in [1.82, 2.24) is 15.1 Å². The van der Waals surface area contributed by atoms with Crippen molar-refractivity contribution in [1.29, 1.82) is 0 Å². The third-order valence-corrected chi connectivity index (χ3v) is 6.38. The standard InChI is InChI=1S/C20H31N3OS.2ClH/c1-22(14-17-5-3-2-4-6-17)15-18-7-10-23(11-8-18)20(24)13-19-16-25-12-9-21-19;;/h2-6,18-19,21H,7-16H2,1H3;2*1H. The van der Waals surface area contributed by atoms with Gasteiger partial charge in [-0.1, -0.05) is 30.3 Å². The first-order valence-electron chi connectivity index (χ1n) is 9.52. The molecule has 0 spiro atoms. The van der Waals surface area contributed by atoms with Crippen molar-refractivity contribution in [3.05, 3.63) is 35.9 Å². The number of hydrogen-bond donors (Lipinski definition) is 1. The molecule has 2 aliphatic rings. The van der Waals surface area contributed by atoms with Crippen molar-refractivity contribution in [3.63, 3.8) is 0 Å². The summed E-state index contributed by atoms with van der Waals surface area (Å²) in [5, 5.41) is 3.47. The fourth-order valence-electron chi connectivity index (χ4n) is 3.86. The second-order valence-electron chi connectivity index (χ2n) is 7.44. The Morgan fingerprint density at radius 1 is 1.22 bits per heavy atom. The van der Waals surface area contributed by atoms with E-state index in [9.17, 15) is 4.79 Å². The highest BCUT2D eigenvalue weighted by Gasteiger charge is 2.26. The maximum atomic E-state index is 12.5. The van der Waals surface area contributed by atoms with E-state index >= 15 is 0 Å². The van der Waals surface area contributed by atoms with E-state index in [0.29, 0.717) is 24.3 Å². The fourth-order valence-corrected chi connectivity index (χ4v) is 4.81. The molecule has 1 amide bonds. The van der Waals surface area contributed by atoms with Gasteiger partial charge in [-0.3, -0.25) is 4.79 Å². The Hall–Kier alpha value is -0.460. The zero-order valence-electron chi connectivity index (χ0n) is 16.1. The molecule has 1 atom stereocenters. The van der Waals surface area contributed by atoms with Crippen LogP contribution in [-0.4, -0.2) is 66.5 Å². The van der Waals surface area contributed by atoms with E-state index in [1.807, 2.05) is 11.8 Å². The molecule has 2 aliphatic heterocycles. The van der Waals surface area contributed by atoms with Gasteiger partial charge in [0.2, 0.25) is 5.91 Å². The van der Waals surface area contributed by atoms with Crippen LogP contribution < -0.4 is 5.32 Å². The summed E-state index contributed by atoms with van der Waals surface area (Å²) < 4.78 is 0. The largest absolute Gasteiger partial charge is 0.343 e. The second-order valence-corrected chi connectivity index (χ2v) is 8.59. The quantitative estimate of drug-likeness (QED) is 0.746. The Bertz CT molecular complexity index is 535. The van der Waals surface area contributed by atoms with Gasteiger partial charge >= 0.3 is 0 Å². The predicted molar refractivity (Wildman–Crippen MR) is 120 cm³/mol. The normalized spacial score (nSPS) is 20.7. The van der Waals surface area contributed by atoms with Crippen molar-refractivity contribution in [3.8, 4) is 0 Å². The Morgan fingerprint density at radius 2 is 1.93 bits per heavy atom. The molecule has 27 heavy (non-hydrogen) atoms. The minimum absolute atomic E-state index is 0. The summed E-state index contributed by atoms with van der Waals surface area (Å²) in [5.41, 5.74) is 1.37. The predicted octanol–water partition coefficient (Wildman–Crippen LogP) is 3.30. The van der Waals surface area contributed by atoms with Crippen LogP contribution in [0.25, 0.3) is 0 Å². The van der Waals surface area contributed by atoms with E-state index in [4.69, 9.17) is 0 Å². The smallest absolute Gasteiger partial charge is 0.224 e. The molecule has 7 heteroatoms. The first-order valence-corrected chi connectivity index (χ1v) is 10.7. The molecule has 0 aromatic heterocycles. The number of piperidine rings is 1. The summed E-state index contributed by atoms with van der Waals surface area (Å²) in [6.45, 7) is 5.03. The number of halogens is 2. The van der Waals surface area contributed by atoms with Gasteiger partial charge in [0, 0.05) is 56.7 Å². The van der Waals surface area contributed by atoms with E-state index in [-0.39, 0.29) is 24.8 Å². The Morgan fingerprint density at radius 3 is 2.56 bits per heavy atom. The number of rotatable bonds is 6. The van der Waals surface area contributed by atoms with Crippen LogP contribution in [-0.2, 0) is 11.3 Å². The van der Waals surface area contributed by atoms with Gasteiger partial charge in [-0.15, -0.1) is 24.8 Å². The van der Waals surface area contributed by atoms with Crippen LogP contribution in [0.5, 0.6) is 0 Å². The third kappa shape index (κ3) is 8.20. The van der Waals surface area contributed by atoms with Crippen LogP contribution in [0.1, 0.15) is 24.8 Å². The third-order valence-electron chi connectivity index (χ3n) is 5.25. The van der Waals surface area contributed by atoms with E-state index in [1.165, 1.54) is 11.3 Å². The molecular weight excluding hydrogens is 401 g/mol.